The van der Waals surface area contributed by atoms with Crippen molar-refractivity contribution in [1.29, 1.82) is 0 Å². The topological polar surface area (TPSA) is 112 Å². The molecule has 2 heterocycles. The second-order valence-electron chi connectivity index (χ2n) is 4.15. The van der Waals surface area contributed by atoms with Gasteiger partial charge in [0.05, 0.1) is 17.4 Å². The number of hydrogen-bond donors (Lipinski definition) is 3. The SMILES string of the molecule is Cn1nccc1CCNc1ncc(N)cc1C(N)=O. The Morgan fingerprint density at radius 3 is 2.95 bits per heavy atom. The Kier molecular flexibility index (Phi) is 3.65. The summed E-state index contributed by atoms with van der Waals surface area (Å²) in [4.78, 5) is 15.4. The number of carbonyl (C=O) groups is 1. The van der Waals surface area contributed by atoms with Gasteiger partial charge < -0.3 is 16.8 Å². The second-order valence-corrected chi connectivity index (χ2v) is 4.15. The molecule has 7 nitrogen and oxygen atoms in total. The van der Waals surface area contributed by atoms with Crippen molar-refractivity contribution in [2.75, 3.05) is 17.6 Å². The predicted molar refractivity (Wildman–Crippen MR) is 72.6 cm³/mol. The molecule has 0 aliphatic rings. The fourth-order valence-electron chi connectivity index (χ4n) is 1.77. The van der Waals surface area contributed by atoms with E-state index >= 15 is 0 Å². The van der Waals surface area contributed by atoms with Crippen LogP contribution in [0.1, 0.15) is 16.1 Å². The van der Waals surface area contributed by atoms with Crippen molar-refractivity contribution in [3.8, 4) is 0 Å². The number of primary amides is 1. The molecule has 7 heteroatoms. The van der Waals surface area contributed by atoms with E-state index in [-0.39, 0.29) is 0 Å². The van der Waals surface area contributed by atoms with Gasteiger partial charge in [0.2, 0.25) is 0 Å². The summed E-state index contributed by atoms with van der Waals surface area (Å²) in [5.41, 5.74) is 12.7. The van der Waals surface area contributed by atoms with Crippen molar-refractivity contribution in [1.82, 2.24) is 14.8 Å². The largest absolute Gasteiger partial charge is 0.397 e. The van der Waals surface area contributed by atoms with Crippen LogP contribution in [0, 0.1) is 0 Å². The fraction of sp³-hybridized carbons (Fsp3) is 0.250. The fourth-order valence-corrected chi connectivity index (χ4v) is 1.77. The molecule has 5 N–H and O–H groups in total. The van der Waals surface area contributed by atoms with Crippen LogP contribution in [0.3, 0.4) is 0 Å². The molecule has 0 spiro atoms. The maximum Gasteiger partial charge on any atom is 0.252 e. The highest BCUT2D eigenvalue weighted by molar-refractivity contribution is 5.98. The van der Waals surface area contributed by atoms with Gasteiger partial charge in [-0.1, -0.05) is 0 Å². The molecule has 1 amide bonds. The van der Waals surface area contributed by atoms with Crippen LogP contribution in [0.2, 0.25) is 0 Å². The summed E-state index contributed by atoms with van der Waals surface area (Å²) < 4.78 is 1.80. The monoisotopic (exact) mass is 260 g/mol. The van der Waals surface area contributed by atoms with E-state index in [1.54, 1.807) is 10.9 Å². The number of nitrogens with one attached hydrogen (secondary N) is 1. The van der Waals surface area contributed by atoms with Crippen LogP contribution >= 0.6 is 0 Å². The van der Waals surface area contributed by atoms with Gasteiger partial charge in [-0.05, 0) is 12.1 Å². The van der Waals surface area contributed by atoms with Crippen molar-refractivity contribution in [2.45, 2.75) is 6.42 Å². The van der Waals surface area contributed by atoms with Gasteiger partial charge in [-0.2, -0.15) is 5.10 Å². The summed E-state index contributed by atoms with van der Waals surface area (Å²) in [6, 6.07) is 3.45. The van der Waals surface area contributed by atoms with E-state index in [4.69, 9.17) is 11.5 Å². The van der Waals surface area contributed by atoms with Gasteiger partial charge in [-0.25, -0.2) is 4.98 Å². The molecule has 0 aromatic carbocycles. The average molecular weight is 260 g/mol. The molecule has 2 rings (SSSR count). The molecule has 0 fully saturated rings. The zero-order valence-corrected chi connectivity index (χ0v) is 10.6. The molecule has 2 aromatic rings. The molecule has 100 valence electrons. The molecule has 0 bridgehead atoms. The van der Waals surface area contributed by atoms with E-state index in [9.17, 15) is 4.79 Å². The number of amides is 1. The van der Waals surface area contributed by atoms with Crippen LogP contribution in [-0.2, 0) is 13.5 Å². The Hall–Kier alpha value is -2.57. The predicted octanol–water partition coefficient (Wildman–Crippen LogP) is 0.151. The summed E-state index contributed by atoms with van der Waals surface area (Å²) in [5.74, 6) is -0.105. The maximum atomic E-state index is 11.3. The molecule has 19 heavy (non-hydrogen) atoms. The van der Waals surface area contributed by atoms with Crippen molar-refractivity contribution in [2.24, 2.45) is 12.8 Å². The molecular formula is C12H16N6O. The molecule has 0 atom stereocenters. The van der Waals surface area contributed by atoms with E-state index in [1.165, 1.54) is 12.3 Å². The first-order valence-electron chi connectivity index (χ1n) is 5.84. The molecule has 0 saturated heterocycles. The number of anilines is 2. The van der Waals surface area contributed by atoms with Gasteiger partial charge in [0.25, 0.3) is 5.91 Å². The average Bonchev–Trinajstić information content (AvgIpc) is 2.77. The van der Waals surface area contributed by atoms with E-state index in [1.807, 2.05) is 13.1 Å². The standard InChI is InChI=1S/C12H16N6O/c1-18-9(3-5-17-18)2-4-15-12-10(11(14)19)6-8(13)7-16-12/h3,5-7H,2,4,13H2,1H3,(H2,14,19)(H,15,16). The smallest absolute Gasteiger partial charge is 0.252 e. The first kappa shape index (κ1) is 12.9. The van der Waals surface area contributed by atoms with Gasteiger partial charge in [-0.3, -0.25) is 9.48 Å². The zero-order chi connectivity index (χ0) is 13.8. The quantitative estimate of drug-likeness (QED) is 0.708. The van der Waals surface area contributed by atoms with Crippen LogP contribution in [0.4, 0.5) is 11.5 Å². The lowest BCUT2D eigenvalue weighted by molar-refractivity contribution is 0.100. The number of nitrogen functional groups attached to an aromatic ring is 1. The summed E-state index contributed by atoms with van der Waals surface area (Å²) in [5, 5.41) is 7.16. The number of hydrogen-bond acceptors (Lipinski definition) is 5. The van der Waals surface area contributed by atoms with Crippen molar-refractivity contribution < 1.29 is 4.79 Å². The van der Waals surface area contributed by atoms with Crippen LogP contribution in [0.15, 0.2) is 24.5 Å². The zero-order valence-electron chi connectivity index (χ0n) is 10.6. The Morgan fingerprint density at radius 2 is 2.32 bits per heavy atom. The van der Waals surface area contributed by atoms with E-state index < -0.39 is 5.91 Å². The van der Waals surface area contributed by atoms with Gasteiger partial charge in [0.1, 0.15) is 5.82 Å². The first-order chi connectivity index (χ1) is 9.08. The van der Waals surface area contributed by atoms with E-state index in [0.717, 1.165) is 12.1 Å². The number of pyridine rings is 1. The Morgan fingerprint density at radius 1 is 1.53 bits per heavy atom. The molecule has 0 unspecified atom stereocenters. The molecule has 0 saturated carbocycles. The van der Waals surface area contributed by atoms with Crippen LogP contribution in [-0.4, -0.2) is 27.2 Å². The highest BCUT2D eigenvalue weighted by atomic mass is 16.1. The maximum absolute atomic E-state index is 11.3. The molecule has 0 aliphatic carbocycles. The minimum absolute atomic E-state index is 0.296. The van der Waals surface area contributed by atoms with Crippen molar-refractivity contribution in [3.63, 3.8) is 0 Å². The van der Waals surface area contributed by atoms with Crippen LogP contribution in [0.25, 0.3) is 0 Å². The Labute approximate surface area is 110 Å². The number of nitrogens with zero attached hydrogens (tertiary/aromatic N) is 3. The lowest BCUT2D eigenvalue weighted by Gasteiger charge is -2.09. The number of aromatic nitrogens is 3. The molecule has 0 aliphatic heterocycles. The third-order valence-electron chi connectivity index (χ3n) is 2.77. The van der Waals surface area contributed by atoms with Gasteiger partial charge in [0.15, 0.2) is 0 Å². The van der Waals surface area contributed by atoms with Gasteiger partial charge >= 0.3 is 0 Å². The highest BCUT2D eigenvalue weighted by Gasteiger charge is 2.10. The van der Waals surface area contributed by atoms with E-state index in [2.05, 4.69) is 15.4 Å². The van der Waals surface area contributed by atoms with Gasteiger partial charge in [0, 0.05) is 31.9 Å². The molecule has 0 radical (unpaired) electrons. The molecular weight excluding hydrogens is 244 g/mol. The Bertz CT molecular complexity index is 592. The van der Waals surface area contributed by atoms with Crippen LogP contribution < -0.4 is 16.8 Å². The summed E-state index contributed by atoms with van der Waals surface area (Å²) in [7, 11) is 1.88. The lowest BCUT2D eigenvalue weighted by Crippen LogP contribution is -2.17. The first-order valence-corrected chi connectivity index (χ1v) is 5.84. The van der Waals surface area contributed by atoms with Gasteiger partial charge in [-0.15, -0.1) is 0 Å². The number of carbonyl (C=O) groups excluding carboxylic acids is 1. The number of aryl methyl sites for hydroxylation is 1. The summed E-state index contributed by atoms with van der Waals surface area (Å²) in [6.07, 6.45) is 3.99. The third kappa shape index (κ3) is 3.01. The van der Waals surface area contributed by atoms with Crippen molar-refractivity contribution >= 4 is 17.4 Å². The molecule has 2 aromatic heterocycles. The number of rotatable bonds is 5. The number of nitrogens with two attached hydrogens (primary N) is 2. The van der Waals surface area contributed by atoms with Crippen molar-refractivity contribution in [3.05, 3.63) is 35.8 Å². The lowest BCUT2D eigenvalue weighted by atomic mass is 10.2. The second kappa shape index (κ2) is 5.38. The Balaban J connectivity index is 2.03. The highest BCUT2D eigenvalue weighted by Crippen LogP contribution is 2.14. The summed E-state index contributed by atoms with van der Waals surface area (Å²) in [6.45, 7) is 0.622. The summed E-state index contributed by atoms with van der Waals surface area (Å²) >= 11 is 0. The minimum Gasteiger partial charge on any atom is -0.397 e. The van der Waals surface area contributed by atoms with Crippen LogP contribution in [0.5, 0.6) is 0 Å². The van der Waals surface area contributed by atoms with E-state index in [0.29, 0.717) is 23.6 Å². The normalized spacial score (nSPS) is 10.4. The minimum atomic E-state index is -0.553. The third-order valence-corrected chi connectivity index (χ3v) is 2.77.